The van der Waals surface area contributed by atoms with Gasteiger partial charge in [-0.25, -0.2) is 12.8 Å². The van der Waals surface area contributed by atoms with Crippen LogP contribution in [0.5, 0.6) is 23.0 Å². The fraction of sp³-hybridized carbons (Fsp3) is 0.125. The maximum absolute atomic E-state index is 15.1. The average molecular weight is 469 g/mol. The highest BCUT2D eigenvalue weighted by Gasteiger charge is 2.15. The minimum Gasteiger partial charge on any atom is -0.493 e. The number of anilines is 1. The normalized spacial score (nSPS) is 11.3. The summed E-state index contributed by atoms with van der Waals surface area (Å²) in [4.78, 5) is 4.33. The van der Waals surface area contributed by atoms with Gasteiger partial charge in [-0.1, -0.05) is 18.2 Å². The van der Waals surface area contributed by atoms with E-state index in [1.54, 1.807) is 60.8 Å². The first kappa shape index (κ1) is 22.3. The molecule has 0 atom stereocenters. The number of hydrogen-bond donors (Lipinski definition) is 1. The Labute approximate surface area is 190 Å². The van der Waals surface area contributed by atoms with E-state index in [-0.39, 0.29) is 17.0 Å². The Bertz CT molecular complexity index is 1440. The maximum atomic E-state index is 15.1. The summed E-state index contributed by atoms with van der Waals surface area (Å²) in [7, 11) is -0.451. The van der Waals surface area contributed by atoms with Gasteiger partial charge in [0.1, 0.15) is 17.3 Å². The molecule has 33 heavy (non-hydrogen) atoms. The SMILES string of the molecule is COc1cc2nccc(Oc3ccc(-c4ccccc4NS(C)(=O)=O)c(F)c3)c2cc1OC. The second-order valence-electron chi connectivity index (χ2n) is 7.20. The Morgan fingerprint density at radius 3 is 2.30 bits per heavy atom. The van der Waals surface area contributed by atoms with Crippen LogP contribution < -0.4 is 18.9 Å². The largest absolute Gasteiger partial charge is 0.493 e. The molecule has 0 aliphatic heterocycles. The highest BCUT2D eigenvalue weighted by atomic mass is 32.2. The minimum atomic E-state index is -3.52. The van der Waals surface area contributed by atoms with Gasteiger partial charge in [0.15, 0.2) is 11.5 Å². The number of ether oxygens (including phenoxy) is 3. The van der Waals surface area contributed by atoms with Crippen LogP contribution >= 0.6 is 0 Å². The molecule has 0 aliphatic carbocycles. The van der Waals surface area contributed by atoms with E-state index in [1.807, 2.05) is 0 Å². The molecule has 0 aliphatic rings. The lowest BCUT2D eigenvalue weighted by molar-refractivity contribution is 0.355. The lowest BCUT2D eigenvalue weighted by atomic mass is 10.0. The van der Waals surface area contributed by atoms with Crippen molar-refractivity contribution in [2.24, 2.45) is 0 Å². The predicted octanol–water partition coefficient (Wildman–Crippen LogP) is 5.22. The van der Waals surface area contributed by atoms with E-state index < -0.39 is 15.8 Å². The molecule has 170 valence electrons. The van der Waals surface area contributed by atoms with Crippen LogP contribution in [0.3, 0.4) is 0 Å². The van der Waals surface area contributed by atoms with Gasteiger partial charge in [0.05, 0.1) is 31.7 Å². The first-order valence-corrected chi connectivity index (χ1v) is 11.7. The molecule has 0 amide bonds. The van der Waals surface area contributed by atoms with E-state index in [0.29, 0.717) is 33.7 Å². The highest BCUT2D eigenvalue weighted by Crippen LogP contribution is 2.38. The van der Waals surface area contributed by atoms with Crippen LogP contribution in [0.25, 0.3) is 22.0 Å². The van der Waals surface area contributed by atoms with Crippen molar-refractivity contribution in [1.82, 2.24) is 4.98 Å². The lowest BCUT2D eigenvalue weighted by Gasteiger charge is -2.14. The Morgan fingerprint density at radius 1 is 0.879 bits per heavy atom. The van der Waals surface area contributed by atoms with E-state index in [2.05, 4.69) is 9.71 Å². The van der Waals surface area contributed by atoms with Crippen molar-refractivity contribution < 1.29 is 27.0 Å². The standard InChI is InChI=1S/C24H21FN2O5S/c1-30-23-13-18-21(14-24(23)31-2)26-11-10-22(18)32-15-8-9-16(19(25)12-15)17-6-4-5-7-20(17)27-33(3,28)29/h4-14,27H,1-3H3. The summed E-state index contributed by atoms with van der Waals surface area (Å²) in [5.41, 5.74) is 1.56. The molecular formula is C24H21FN2O5S. The monoisotopic (exact) mass is 468 g/mol. The maximum Gasteiger partial charge on any atom is 0.229 e. The molecule has 0 radical (unpaired) electrons. The van der Waals surface area contributed by atoms with Gasteiger partial charge in [-0.2, -0.15) is 0 Å². The molecule has 0 unspecified atom stereocenters. The number of sulfonamides is 1. The zero-order valence-corrected chi connectivity index (χ0v) is 18.9. The van der Waals surface area contributed by atoms with Crippen molar-refractivity contribution in [3.8, 4) is 34.1 Å². The predicted molar refractivity (Wildman–Crippen MR) is 125 cm³/mol. The number of fused-ring (bicyclic) bond motifs is 1. The number of para-hydroxylation sites is 1. The average Bonchev–Trinajstić information content (AvgIpc) is 2.78. The molecule has 0 bridgehead atoms. The summed E-state index contributed by atoms with van der Waals surface area (Å²) >= 11 is 0. The molecule has 4 aromatic rings. The molecule has 3 aromatic carbocycles. The van der Waals surface area contributed by atoms with Crippen LogP contribution in [0.2, 0.25) is 0 Å². The van der Waals surface area contributed by atoms with E-state index in [1.165, 1.54) is 20.3 Å². The molecule has 0 saturated heterocycles. The molecular weight excluding hydrogens is 447 g/mol. The van der Waals surface area contributed by atoms with Crippen molar-refractivity contribution in [3.63, 3.8) is 0 Å². The zero-order valence-electron chi connectivity index (χ0n) is 18.1. The Kier molecular flexibility index (Phi) is 6.06. The number of benzene rings is 3. The van der Waals surface area contributed by atoms with Gasteiger partial charge in [0, 0.05) is 34.8 Å². The van der Waals surface area contributed by atoms with Gasteiger partial charge in [-0.15, -0.1) is 0 Å². The van der Waals surface area contributed by atoms with Crippen LogP contribution in [-0.4, -0.2) is 33.9 Å². The topological polar surface area (TPSA) is 86.8 Å². The van der Waals surface area contributed by atoms with Crippen LogP contribution in [0.4, 0.5) is 10.1 Å². The molecule has 4 rings (SSSR count). The first-order valence-electron chi connectivity index (χ1n) is 9.84. The molecule has 0 fully saturated rings. The van der Waals surface area contributed by atoms with Gasteiger partial charge < -0.3 is 14.2 Å². The highest BCUT2D eigenvalue weighted by molar-refractivity contribution is 7.92. The van der Waals surface area contributed by atoms with Gasteiger partial charge in [-0.3, -0.25) is 9.71 Å². The van der Waals surface area contributed by atoms with Crippen LogP contribution in [0.1, 0.15) is 0 Å². The Hall–Kier alpha value is -3.85. The summed E-state index contributed by atoms with van der Waals surface area (Å²) < 4.78 is 57.5. The van der Waals surface area contributed by atoms with Crippen LogP contribution in [-0.2, 0) is 10.0 Å². The smallest absolute Gasteiger partial charge is 0.229 e. The third kappa shape index (κ3) is 4.83. The second-order valence-corrected chi connectivity index (χ2v) is 8.95. The molecule has 7 nitrogen and oxygen atoms in total. The number of rotatable bonds is 7. The van der Waals surface area contributed by atoms with Crippen LogP contribution in [0, 0.1) is 5.82 Å². The summed E-state index contributed by atoms with van der Waals surface area (Å²) in [5.74, 6) is 1.22. The number of halogens is 1. The number of nitrogens with zero attached hydrogens (tertiary/aromatic N) is 1. The number of pyridine rings is 1. The summed E-state index contributed by atoms with van der Waals surface area (Å²) in [6.45, 7) is 0. The van der Waals surface area contributed by atoms with E-state index in [0.717, 1.165) is 6.26 Å². The van der Waals surface area contributed by atoms with E-state index in [4.69, 9.17) is 14.2 Å². The van der Waals surface area contributed by atoms with Crippen LogP contribution in [0.15, 0.2) is 66.9 Å². The second kappa shape index (κ2) is 8.95. The molecule has 1 N–H and O–H groups in total. The quantitative estimate of drug-likeness (QED) is 0.400. The van der Waals surface area contributed by atoms with Gasteiger partial charge in [0.25, 0.3) is 0 Å². The summed E-state index contributed by atoms with van der Waals surface area (Å²) in [6.07, 6.45) is 2.63. The first-order chi connectivity index (χ1) is 15.8. The van der Waals surface area contributed by atoms with E-state index in [9.17, 15) is 8.42 Å². The Balaban J connectivity index is 1.70. The third-order valence-electron chi connectivity index (χ3n) is 4.89. The van der Waals surface area contributed by atoms with Crippen molar-refractivity contribution in [1.29, 1.82) is 0 Å². The minimum absolute atomic E-state index is 0.236. The van der Waals surface area contributed by atoms with Crippen molar-refractivity contribution in [3.05, 3.63) is 72.7 Å². The van der Waals surface area contributed by atoms with Gasteiger partial charge in [-0.05, 0) is 30.3 Å². The van der Waals surface area contributed by atoms with Crippen molar-refractivity contribution >= 4 is 26.6 Å². The lowest BCUT2D eigenvalue weighted by Crippen LogP contribution is -2.10. The van der Waals surface area contributed by atoms with Crippen molar-refractivity contribution in [2.45, 2.75) is 0 Å². The number of methoxy groups -OCH3 is 2. The molecule has 0 saturated carbocycles. The number of hydrogen-bond acceptors (Lipinski definition) is 6. The summed E-state index contributed by atoms with van der Waals surface area (Å²) in [6, 6.07) is 16.1. The molecule has 1 heterocycles. The fourth-order valence-electron chi connectivity index (χ4n) is 3.45. The molecule has 0 spiro atoms. The van der Waals surface area contributed by atoms with Gasteiger partial charge in [0.2, 0.25) is 10.0 Å². The third-order valence-corrected chi connectivity index (χ3v) is 5.48. The Morgan fingerprint density at radius 2 is 1.61 bits per heavy atom. The zero-order chi connectivity index (χ0) is 23.6. The van der Waals surface area contributed by atoms with Gasteiger partial charge >= 0.3 is 0 Å². The fourth-order valence-corrected chi connectivity index (χ4v) is 4.03. The number of nitrogens with one attached hydrogen (secondary N) is 1. The molecule has 9 heteroatoms. The number of aromatic nitrogens is 1. The summed E-state index contributed by atoms with van der Waals surface area (Å²) in [5, 5.41) is 0.669. The molecule has 1 aromatic heterocycles. The van der Waals surface area contributed by atoms with E-state index >= 15 is 4.39 Å². The van der Waals surface area contributed by atoms with Crippen molar-refractivity contribution in [2.75, 3.05) is 25.2 Å².